The Bertz CT molecular complexity index is 520. The molecule has 0 aliphatic carbocycles. The Balaban J connectivity index is 1.94. The van der Waals surface area contributed by atoms with E-state index < -0.39 is 5.60 Å². The van der Waals surface area contributed by atoms with Gasteiger partial charge in [0.1, 0.15) is 11.4 Å². The number of carbonyl (C=O) groups excluding carboxylic acids is 1. The molecule has 0 aromatic heterocycles. The number of carbonyl (C=O) groups is 1. The fraction of sp³-hybridized carbons (Fsp3) is 0.588. The molecule has 1 aromatic carbocycles. The molecule has 1 heterocycles. The number of amides is 1. The van der Waals surface area contributed by atoms with Gasteiger partial charge in [-0.05, 0) is 38.5 Å². The molecule has 1 atom stereocenters. The molecule has 1 aromatic rings. The van der Waals surface area contributed by atoms with Crippen molar-refractivity contribution in [2.45, 2.75) is 32.4 Å². The zero-order valence-corrected chi connectivity index (χ0v) is 14.0. The molecule has 0 spiro atoms. The summed E-state index contributed by atoms with van der Waals surface area (Å²) in [6, 6.07) is 5.99. The first-order chi connectivity index (χ1) is 10.8. The molecular formula is C17H25FN2O3. The summed E-state index contributed by atoms with van der Waals surface area (Å²) in [7, 11) is 0. The Morgan fingerprint density at radius 1 is 1.22 bits per heavy atom. The molecule has 2 rings (SSSR count). The molecule has 1 unspecified atom stereocenters. The van der Waals surface area contributed by atoms with Gasteiger partial charge in [0.2, 0.25) is 0 Å². The lowest BCUT2D eigenvalue weighted by atomic mass is 10.1. The van der Waals surface area contributed by atoms with Crippen LogP contribution in [0.15, 0.2) is 24.3 Å². The third kappa shape index (κ3) is 4.91. The van der Waals surface area contributed by atoms with Crippen molar-refractivity contribution in [3.63, 3.8) is 0 Å². The first kappa shape index (κ1) is 17.7. The number of piperazine rings is 1. The Labute approximate surface area is 136 Å². The minimum Gasteiger partial charge on any atom is -0.444 e. The van der Waals surface area contributed by atoms with Crippen LogP contribution in [0.1, 0.15) is 32.4 Å². The smallest absolute Gasteiger partial charge is 0.410 e. The van der Waals surface area contributed by atoms with Crippen molar-refractivity contribution in [3.8, 4) is 0 Å². The van der Waals surface area contributed by atoms with Crippen LogP contribution < -0.4 is 0 Å². The van der Waals surface area contributed by atoms with Crippen LogP contribution in [0, 0.1) is 5.82 Å². The van der Waals surface area contributed by atoms with Gasteiger partial charge in [-0.3, -0.25) is 4.90 Å². The molecule has 1 N–H and O–H groups in total. The normalized spacial score (nSPS) is 17.9. The zero-order valence-electron chi connectivity index (χ0n) is 14.0. The van der Waals surface area contributed by atoms with E-state index in [4.69, 9.17) is 4.74 Å². The highest BCUT2D eigenvalue weighted by molar-refractivity contribution is 5.68. The van der Waals surface area contributed by atoms with Gasteiger partial charge in [0.25, 0.3) is 0 Å². The molecule has 1 amide bonds. The summed E-state index contributed by atoms with van der Waals surface area (Å²) in [4.78, 5) is 15.8. The predicted octanol–water partition coefficient (Wildman–Crippen LogP) is 2.41. The standard InChI is InChI=1S/C17H25FN2O3/c1-17(2,3)23-16(22)20-10-8-19(9-11-20)15(12-21)13-4-6-14(18)7-5-13/h4-7,15,21H,8-12H2,1-3H3. The molecule has 1 aliphatic heterocycles. The number of aliphatic hydroxyl groups excluding tert-OH is 1. The molecule has 23 heavy (non-hydrogen) atoms. The van der Waals surface area contributed by atoms with Gasteiger partial charge >= 0.3 is 6.09 Å². The summed E-state index contributed by atoms with van der Waals surface area (Å²) < 4.78 is 18.4. The number of hydrogen-bond acceptors (Lipinski definition) is 4. The molecule has 1 fully saturated rings. The second kappa shape index (κ2) is 7.27. The topological polar surface area (TPSA) is 53.0 Å². The number of halogens is 1. The Hall–Kier alpha value is -1.66. The van der Waals surface area contributed by atoms with Crippen molar-refractivity contribution in [2.24, 2.45) is 0 Å². The van der Waals surface area contributed by atoms with Crippen LogP contribution in [0.4, 0.5) is 9.18 Å². The predicted molar refractivity (Wildman–Crippen MR) is 85.6 cm³/mol. The number of hydrogen-bond donors (Lipinski definition) is 1. The van der Waals surface area contributed by atoms with E-state index in [1.54, 1.807) is 17.0 Å². The molecule has 1 aliphatic rings. The second-order valence-electron chi connectivity index (χ2n) is 6.75. The number of aliphatic hydroxyl groups is 1. The Kier molecular flexibility index (Phi) is 5.59. The van der Waals surface area contributed by atoms with Crippen LogP contribution in [0.3, 0.4) is 0 Å². The van der Waals surface area contributed by atoms with Gasteiger partial charge in [0, 0.05) is 26.2 Å². The molecule has 0 saturated carbocycles. The van der Waals surface area contributed by atoms with Crippen molar-refractivity contribution in [2.75, 3.05) is 32.8 Å². The summed E-state index contributed by atoms with van der Waals surface area (Å²) in [6.07, 6.45) is -0.306. The van der Waals surface area contributed by atoms with E-state index in [-0.39, 0.29) is 24.6 Å². The van der Waals surface area contributed by atoms with Crippen molar-refractivity contribution >= 4 is 6.09 Å². The van der Waals surface area contributed by atoms with Crippen LogP contribution in [-0.4, -0.2) is 59.4 Å². The Morgan fingerprint density at radius 3 is 2.26 bits per heavy atom. The first-order valence-corrected chi connectivity index (χ1v) is 7.88. The van der Waals surface area contributed by atoms with E-state index >= 15 is 0 Å². The summed E-state index contributed by atoms with van der Waals surface area (Å²) in [5, 5.41) is 9.69. The van der Waals surface area contributed by atoms with Gasteiger partial charge in [-0.15, -0.1) is 0 Å². The number of ether oxygens (including phenoxy) is 1. The SMILES string of the molecule is CC(C)(C)OC(=O)N1CCN(C(CO)c2ccc(F)cc2)CC1. The lowest BCUT2D eigenvalue weighted by Crippen LogP contribution is -2.51. The van der Waals surface area contributed by atoms with E-state index in [2.05, 4.69) is 4.90 Å². The van der Waals surface area contributed by atoms with Gasteiger partial charge in [0.15, 0.2) is 0 Å². The van der Waals surface area contributed by atoms with E-state index in [0.717, 1.165) is 5.56 Å². The maximum Gasteiger partial charge on any atom is 0.410 e. The Morgan fingerprint density at radius 2 is 1.78 bits per heavy atom. The lowest BCUT2D eigenvalue weighted by molar-refractivity contribution is 0.00657. The molecule has 128 valence electrons. The summed E-state index contributed by atoms with van der Waals surface area (Å²) >= 11 is 0. The van der Waals surface area contributed by atoms with Crippen LogP contribution in [0.2, 0.25) is 0 Å². The highest BCUT2D eigenvalue weighted by Gasteiger charge is 2.29. The number of nitrogens with zero attached hydrogens (tertiary/aromatic N) is 2. The van der Waals surface area contributed by atoms with Gasteiger partial charge in [-0.25, -0.2) is 9.18 Å². The highest BCUT2D eigenvalue weighted by Crippen LogP contribution is 2.22. The summed E-state index contributed by atoms with van der Waals surface area (Å²) in [6.45, 7) is 7.87. The lowest BCUT2D eigenvalue weighted by Gasteiger charge is -2.39. The largest absolute Gasteiger partial charge is 0.444 e. The minimum atomic E-state index is -0.504. The van der Waals surface area contributed by atoms with E-state index in [1.165, 1.54) is 12.1 Å². The third-order valence-electron chi connectivity index (χ3n) is 3.83. The second-order valence-corrected chi connectivity index (χ2v) is 6.75. The average molecular weight is 324 g/mol. The van der Waals surface area contributed by atoms with Crippen molar-refractivity contribution in [1.29, 1.82) is 0 Å². The molecular weight excluding hydrogens is 299 g/mol. The van der Waals surface area contributed by atoms with Crippen molar-refractivity contribution < 1.29 is 19.0 Å². The minimum absolute atomic E-state index is 0.0436. The van der Waals surface area contributed by atoms with Crippen molar-refractivity contribution in [1.82, 2.24) is 9.80 Å². The van der Waals surface area contributed by atoms with Crippen molar-refractivity contribution in [3.05, 3.63) is 35.6 Å². The van der Waals surface area contributed by atoms with Crippen LogP contribution in [0.5, 0.6) is 0 Å². The van der Waals surface area contributed by atoms with E-state index in [0.29, 0.717) is 26.2 Å². The summed E-state index contributed by atoms with van der Waals surface area (Å²) in [5.74, 6) is -0.291. The first-order valence-electron chi connectivity index (χ1n) is 7.88. The molecule has 1 saturated heterocycles. The molecule has 5 nitrogen and oxygen atoms in total. The zero-order chi connectivity index (χ0) is 17.0. The maximum absolute atomic E-state index is 13.0. The van der Waals surface area contributed by atoms with Crippen LogP contribution >= 0.6 is 0 Å². The van der Waals surface area contributed by atoms with Gasteiger partial charge < -0.3 is 14.7 Å². The molecule has 0 bridgehead atoms. The quantitative estimate of drug-likeness (QED) is 0.928. The maximum atomic E-state index is 13.0. The van der Waals surface area contributed by atoms with Crippen LogP contribution in [-0.2, 0) is 4.74 Å². The highest BCUT2D eigenvalue weighted by atomic mass is 19.1. The number of benzene rings is 1. The third-order valence-corrected chi connectivity index (χ3v) is 3.83. The van der Waals surface area contributed by atoms with Gasteiger partial charge in [0.05, 0.1) is 12.6 Å². The van der Waals surface area contributed by atoms with Gasteiger partial charge in [-0.2, -0.15) is 0 Å². The molecule has 0 radical (unpaired) electrons. The number of rotatable bonds is 3. The fourth-order valence-corrected chi connectivity index (χ4v) is 2.66. The monoisotopic (exact) mass is 324 g/mol. The molecule has 6 heteroatoms. The van der Waals surface area contributed by atoms with E-state index in [1.807, 2.05) is 20.8 Å². The van der Waals surface area contributed by atoms with E-state index in [9.17, 15) is 14.3 Å². The van der Waals surface area contributed by atoms with Crippen LogP contribution in [0.25, 0.3) is 0 Å². The van der Waals surface area contributed by atoms with Gasteiger partial charge in [-0.1, -0.05) is 12.1 Å². The fourth-order valence-electron chi connectivity index (χ4n) is 2.66. The average Bonchev–Trinajstić information content (AvgIpc) is 2.49. The summed E-state index contributed by atoms with van der Waals surface area (Å²) in [5.41, 5.74) is 0.371.